The summed E-state index contributed by atoms with van der Waals surface area (Å²) in [6.45, 7) is 3.84. The number of nitrogens with zero attached hydrogens (tertiary/aromatic N) is 1. The maximum absolute atomic E-state index is 12.6. The molecule has 1 heterocycles. The zero-order chi connectivity index (χ0) is 23.1. The van der Waals surface area contributed by atoms with Crippen LogP contribution in [0.5, 0.6) is 5.88 Å². The average Bonchev–Trinajstić information content (AvgIpc) is 2.79. The Morgan fingerprint density at radius 3 is 2.38 bits per heavy atom. The first kappa shape index (κ1) is 23.1. The number of carbonyl (C=O) groups is 2. The van der Waals surface area contributed by atoms with Gasteiger partial charge in [-0.05, 0) is 61.4 Å². The minimum atomic E-state index is -0.562. The van der Waals surface area contributed by atoms with E-state index in [9.17, 15) is 9.59 Å². The fraction of sp³-hybridized carbons (Fsp3) is 0.208. The molecule has 2 N–H and O–H groups in total. The lowest BCUT2D eigenvalue weighted by atomic mass is 10.1. The summed E-state index contributed by atoms with van der Waals surface area (Å²) in [4.78, 5) is 28.9. The lowest BCUT2D eigenvalue weighted by molar-refractivity contribution is 0.0936. The van der Waals surface area contributed by atoms with Gasteiger partial charge in [0.2, 0.25) is 5.88 Å². The lowest BCUT2D eigenvalue weighted by Gasteiger charge is -2.16. The van der Waals surface area contributed by atoms with Crippen molar-refractivity contribution in [2.45, 2.75) is 26.5 Å². The Kier molecular flexibility index (Phi) is 7.68. The number of aryl methyl sites for hydroxylation is 1. The molecule has 3 rings (SSSR count). The predicted octanol–water partition coefficient (Wildman–Crippen LogP) is 5.29. The van der Waals surface area contributed by atoms with Crippen molar-refractivity contribution in [3.8, 4) is 5.88 Å². The highest BCUT2D eigenvalue weighted by Crippen LogP contribution is 2.20. The largest absolute Gasteiger partial charge is 0.480 e. The number of carbonyl (C=O) groups excluding carboxylic acids is 2. The quantitative estimate of drug-likeness (QED) is 0.507. The van der Waals surface area contributed by atoms with Crippen molar-refractivity contribution in [3.63, 3.8) is 0 Å². The molecule has 0 fully saturated rings. The zero-order valence-corrected chi connectivity index (χ0v) is 18.8. The van der Waals surface area contributed by atoms with Gasteiger partial charge in [0, 0.05) is 16.4 Å². The zero-order valence-electron chi connectivity index (χ0n) is 18.0. The fourth-order valence-corrected chi connectivity index (χ4v) is 3.08. The Hall–Kier alpha value is -3.58. The molecule has 0 aliphatic carbocycles. The van der Waals surface area contributed by atoms with Crippen molar-refractivity contribution in [1.82, 2.24) is 10.3 Å². The summed E-state index contributed by atoms with van der Waals surface area (Å²) < 4.78 is 10.4. The van der Waals surface area contributed by atoms with Crippen LogP contribution in [0.3, 0.4) is 0 Å². The molecule has 8 heteroatoms. The molecule has 0 bridgehead atoms. The minimum absolute atomic E-state index is 0.140. The Bertz CT molecular complexity index is 1090. The van der Waals surface area contributed by atoms with Gasteiger partial charge in [0.25, 0.3) is 5.91 Å². The average molecular weight is 454 g/mol. The van der Waals surface area contributed by atoms with E-state index in [0.717, 1.165) is 16.8 Å². The first-order chi connectivity index (χ1) is 15.4. The van der Waals surface area contributed by atoms with E-state index in [2.05, 4.69) is 15.6 Å². The van der Waals surface area contributed by atoms with E-state index in [1.165, 1.54) is 7.11 Å². The Morgan fingerprint density at radius 2 is 1.72 bits per heavy atom. The summed E-state index contributed by atoms with van der Waals surface area (Å²) >= 11 is 5.84. The first-order valence-corrected chi connectivity index (χ1v) is 10.3. The number of ether oxygens (including phenoxy) is 2. The summed E-state index contributed by atoms with van der Waals surface area (Å²) in [6, 6.07) is 17.4. The van der Waals surface area contributed by atoms with Gasteiger partial charge < -0.3 is 14.8 Å². The third-order valence-corrected chi connectivity index (χ3v) is 4.98. The van der Waals surface area contributed by atoms with E-state index in [4.69, 9.17) is 21.1 Å². The predicted molar refractivity (Wildman–Crippen MR) is 123 cm³/mol. The molecular weight excluding hydrogens is 430 g/mol. The summed E-state index contributed by atoms with van der Waals surface area (Å²) in [6.07, 6.45) is -0.562. The molecule has 1 unspecified atom stereocenters. The van der Waals surface area contributed by atoms with Crippen LogP contribution < -0.4 is 15.4 Å². The van der Waals surface area contributed by atoms with Crippen LogP contribution in [-0.4, -0.2) is 24.1 Å². The van der Waals surface area contributed by atoms with Crippen LogP contribution in [-0.2, 0) is 11.3 Å². The van der Waals surface area contributed by atoms with Crippen LogP contribution in [0.15, 0.2) is 60.7 Å². The fourth-order valence-electron chi connectivity index (χ4n) is 2.96. The minimum Gasteiger partial charge on any atom is -0.480 e. The van der Waals surface area contributed by atoms with Crippen LogP contribution in [0.25, 0.3) is 0 Å². The van der Waals surface area contributed by atoms with Crippen LogP contribution in [0.1, 0.15) is 40.1 Å². The van der Waals surface area contributed by atoms with Gasteiger partial charge >= 0.3 is 6.09 Å². The summed E-state index contributed by atoms with van der Waals surface area (Å²) in [5, 5.41) is 6.23. The highest BCUT2D eigenvalue weighted by atomic mass is 35.5. The van der Waals surface area contributed by atoms with Crippen molar-refractivity contribution < 1.29 is 19.1 Å². The molecule has 1 atom stereocenters. The molecule has 0 spiro atoms. The third-order valence-electron chi connectivity index (χ3n) is 4.73. The van der Waals surface area contributed by atoms with Gasteiger partial charge in [-0.1, -0.05) is 35.9 Å². The van der Waals surface area contributed by atoms with Gasteiger partial charge in [0.05, 0.1) is 13.2 Å². The Morgan fingerprint density at radius 1 is 1.03 bits per heavy atom. The molecule has 2 aromatic carbocycles. The van der Waals surface area contributed by atoms with Crippen molar-refractivity contribution >= 4 is 29.3 Å². The van der Waals surface area contributed by atoms with Gasteiger partial charge in [-0.25, -0.2) is 9.78 Å². The van der Waals surface area contributed by atoms with Crippen molar-refractivity contribution in [1.29, 1.82) is 0 Å². The highest BCUT2D eigenvalue weighted by Gasteiger charge is 2.17. The maximum atomic E-state index is 12.6. The van der Waals surface area contributed by atoms with Crippen molar-refractivity contribution in [3.05, 3.63) is 88.1 Å². The number of pyridine rings is 1. The number of nitrogens with one attached hydrogen (secondary N) is 2. The number of rotatable bonds is 7. The molecule has 0 saturated heterocycles. The topological polar surface area (TPSA) is 89.5 Å². The number of anilines is 1. The van der Waals surface area contributed by atoms with E-state index >= 15 is 0 Å². The Labute approximate surface area is 191 Å². The van der Waals surface area contributed by atoms with Crippen LogP contribution in [0, 0.1) is 6.92 Å². The standard InChI is InChI=1S/C24H24ClN3O4/c1-15-4-13-21(23(26-15)31-3)22(29)27-16(2)18-7-11-20(12-8-18)28-24(30)32-14-17-5-9-19(25)10-6-17/h4-13,16H,14H2,1-3H3,(H,27,29)(H,28,30). The number of hydrogen-bond acceptors (Lipinski definition) is 5. The molecular formula is C24H24ClN3O4. The molecule has 0 radical (unpaired) electrons. The van der Waals surface area contributed by atoms with Gasteiger partial charge in [0.15, 0.2) is 0 Å². The monoisotopic (exact) mass is 453 g/mol. The SMILES string of the molecule is COc1nc(C)ccc1C(=O)NC(C)c1ccc(NC(=O)OCc2ccc(Cl)cc2)cc1. The number of hydrogen-bond donors (Lipinski definition) is 2. The van der Waals surface area contributed by atoms with Crippen molar-refractivity contribution in [2.75, 3.05) is 12.4 Å². The second-order valence-electron chi connectivity index (χ2n) is 7.15. The summed E-state index contributed by atoms with van der Waals surface area (Å²) in [7, 11) is 1.48. The molecule has 7 nitrogen and oxygen atoms in total. The van der Waals surface area contributed by atoms with E-state index in [-0.39, 0.29) is 24.4 Å². The third kappa shape index (κ3) is 6.21. The number of benzene rings is 2. The van der Waals surface area contributed by atoms with Gasteiger partial charge in [0.1, 0.15) is 12.2 Å². The first-order valence-electron chi connectivity index (χ1n) is 9.96. The van der Waals surface area contributed by atoms with Gasteiger partial charge in [-0.3, -0.25) is 10.1 Å². The van der Waals surface area contributed by atoms with E-state index in [1.807, 2.05) is 26.0 Å². The summed E-state index contributed by atoms with van der Waals surface area (Å²) in [5.41, 5.74) is 3.42. The smallest absolute Gasteiger partial charge is 0.411 e. The molecule has 3 aromatic rings. The number of methoxy groups -OCH3 is 1. The Balaban J connectivity index is 1.54. The molecule has 0 aliphatic heterocycles. The van der Waals surface area contributed by atoms with E-state index < -0.39 is 6.09 Å². The maximum Gasteiger partial charge on any atom is 0.411 e. The van der Waals surface area contributed by atoms with Gasteiger partial charge in [-0.15, -0.1) is 0 Å². The molecule has 2 amide bonds. The lowest BCUT2D eigenvalue weighted by Crippen LogP contribution is -2.27. The van der Waals surface area contributed by atoms with E-state index in [1.54, 1.807) is 48.5 Å². The molecule has 1 aromatic heterocycles. The molecule has 0 saturated carbocycles. The second kappa shape index (κ2) is 10.6. The molecule has 32 heavy (non-hydrogen) atoms. The number of aromatic nitrogens is 1. The molecule has 166 valence electrons. The highest BCUT2D eigenvalue weighted by molar-refractivity contribution is 6.30. The molecule has 0 aliphatic rings. The van der Waals surface area contributed by atoms with Crippen LogP contribution >= 0.6 is 11.6 Å². The van der Waals surface area contributed by atoms with E-state index in [0.29, 0.717) is 16.3 Å². The number of amides is 2. The van der Waals surface area contributed by atoms with Gasteiger partial charge in [-0.2, -0.15) is 0 Å². The number of halogens is 1. The summed E-state index contributed by atoms with van der Waals surface area (Å²) in [5.74, 6) is 0.00110. The van der Waals surface area contributed by atoms with Crippen LogP contribution in [0.4, 0.5) is 10.5 Å². The second-order valence-corrected chi connectivity index (χ2v) is 7.59. The van der Waals surface area contributed by atoms with Crippen molar-refractivity contribution in [2.24, 2.45) is 0 Å². The van der Waals surface area contributed by atoms with Crippen LogP contribution in [0.2, 0.25) is 5.02 Å². The normalized spacial score (nSPS) is 11.4.